The molecule has 6 heteroatoms. The van der Waals surface area contributed by atoms with Crippen molar-refractivity contribution in [2.45, 2.75) is 53.5 Å². The zero-order chi connectivity index (χ0) is 20.7. The summed E-state index contributed by atoms with van der Waals surface area (Å²) in [6.07, 6.45) is 4.54. The number of allylic oxidation sites excluding steroid dienone is 1. The third kappa shape index (κ3) is 3.51. The molecule has 4 rings (SSSR count). The highest BCUT2D eigenvalue weighted by atomic mass is 35.5. The van der Waals surface area contributed by atoms with Crippen LogP contribution in [-0.2, 0) is 0 Å². The maximum Gasteiger partial charge on any atom is 0.155 e. The van der Waals surface area contributed by atoms with Gasteiger partial charge in [0.25, 0.3) is 0 Å². The molecule has 0 radical (unpaired) electrons. The fourth-order valence-electron chi connectivity index (χ4n) is 4.12. The van der Waals surface area contributed by atoms with E-state index in [1.54, 1.807) is 11.3 Å². The van der Waals surface area contributed by atoms with Gasteiger partial charge in [-0.2, -0.15) is 0 Å². The van der Waals surface area contributed by atoms with Crippen molar-refractivity contribution < 1.29 is 0 Å². The lowest BCUT2D eigenvalue weighted by Crippen LogP contribution is -2.31. The van der Waals surface area contributed by atoms with Crippen LogP contribution in [0, 0.1) is 19.8 Å². The average Bonchev–Trinajstić information content (AvgIpc) is 3.21. The Morgan fingerprint density at radius 1 is 1.21 bits per heavy atom. The number of hydrogen-bond donors (Lipinski definition) is 1. The Kier molecular flexibility index (Phi) is 5.54. The van der Waals surface area contributed by atoms with Gasteiger partial charge in [0.2, 0.25) is 0 Å². The first-order valence-electron chi connectivity index (χ1n) is 10.2. The van der Waals surface area contributed by atoms with E-state index < -0.39 is 0 Å². The van der Waals surface area contributed by atoms with Crippen LogP contribution in [0.2, 0.25) is 5.02 Å². The van der Waals surface area contributed by atoms with Gasteiger partial charge >= 0.3 is 0 Å². The van der Waals surface area contributed by atoms with Gasteiger partial charge in [-0.15, -0.1) is 11.3 Å². The summed E-state index contributed by atoms with van der Waals surface area (Å²) in [5.41, 5.74) is 9.83. The topological polar surface area (TPSA) is 42.7 Å². The molecule has 4 heterocycles. The Bertz CT molecular complexity index is 1070. The van der Waals surface area contributed by atoms with E-state index in [4.69, 9.17) is 16.6 Å². The average molecular weight is 427 g/mol. The molecule has 0 fully saturated rings. The number of thiophene rings is 1. The molecule has 29 heavy (non-hydrogen) atoms. The third-order valence-electron chi connectivity index (χ3n) is 5.61. The van der Waals surface area contributed by atoms with Gasteiger partial charge in [0.15, 0.2) is 5.82 Å². The van der Waals surface area contributed by atoms with Crippen molar-refractivity contribution in [3.63, 3.8) is 0 Å². The Morgan fingerprint density at radius 2 is 1.97 bits per heavy atom. The summed E-state index contributed by atoms with van der Waals surface area (Å²) in [7, 11) is 0. The molecule has 0 aromatic carbocycles. The van der Waals surface area contributed by atoms with Gasteiger partial charge in [-0.05, 0) is 57.2 Å². The number of imidazole rings is 1. The van der Waals surface area contributed by atoms with Crippen LogP contribution in [0.25, 0.3) is 27.4 Å². The first kappa shape index (κ1) is 20.2. The fourth-order valence-corrected chi connectivity index (χ4v) is 5.59. The standard InChI is InChI=1S/C23H27ClN4S/c1-6-16(7-2)17-11-14(4)27-28-21(15(5)26-23(17)28)22-20(24)18(12-29-22)19-10-8-9-13(3)25-19/h8-12,14,16,27H,6-7H2,1-5H3. The van der Waals surface area contributed by atoms with Gasteiger partial charge in [0.1, 0.15) is 5.69 Å². The number of fused-ring (bicyclic) bond motifs is 1. The van der Waals surface area contributed by atoms with Crippen LogP contribution in [0.15, 0.2) is 29.7 Å². The van der Waals surface area contributed by atoms with Crippen LogP contribution in [0.3, 0.4) is 0 Å². The molecule has 3 aromatic rings. The molecule has 0 amide bonds. The fraction of sp³-hybridized carbons (Fsp3) is 0.391. The van der Waals surface area contributed by atoms with Crippen LogP contribution < -0.4 is 5.43 Å². The number of rotatable bonds is 5. The number of nitrogens with zero attached hydrogens (tertiary/aromatic N) is 3. The molecule has 1 N–H and O–H groups in total. The Morgan fingerprint density at radius 3 is 2.66 bits per heavy atom. The second-order valence-electron chi connectivity index (χ2n) is 7.71. The smallest absolute Gasteiger partial charge is 0.155 e. The summed E-state index contributed by atoms with van der Waals surface area (Å²) in [5, 5.41) is 2.84. The number of hydrogen-bond acceptors (Lipinski definition) is 4. The van der Waals surface area contributed by atoms with Gasteiger partial charge < -0.3 is 5.43 Å². The number of aryl methyl sites for hydroxylation is 2. The lowest BCUT2D eigenvalue weighted by molar-refractivity contribution is 0.602. The minimum absolute atomic E-state index is 0.238. The highest BCUT2D eigenvalue weighted by Gasteiger charge is 2.29. The molecule has 0 saturated heterocycles. The van der Waals surface area contributed by atoms with E-state index in [-0.39, 0.29) is 6.04 Å². The van der Waals surface area contributed by atoms with Crippen LogP contribution in [0.4, 0.5) is 0 Å². The maximum atomic E-state index is 6.89. The second kappa shape index (κ2) is 7.96. The van der Waals surface area contributed by atoms with E-state index in [2.05, 4.69) is 54.2 Å². The molecule has 1 atom stereocenters. The Labute approximate surface area is 181 Å². The number of nitrogens with one attached hydrogen (secondary N) is 1. The SMILES string of the molecule is CCC(CC)C1=CC(C)Nn2c1nc(C)c2-c1scc(-c2cccc(C)n2)c1Cl. The summed E-state index contributed by atoms with van der Waals surface area (Å²) in [5.74, 6) is 1.53. The van der Waals surface area contributed by atoms with Gasteiger partial charge in [-0.25, -0.2) is 9.66 Å². The molecular weight excluding hydrogens is 400 g/mol. The van der Waals surface area contributed by atoms with Crippen molar-refractivity contribution in [3.8, 4) is 21.8 Å². The molecule has 1 aliphatic heterocycles. The van der Waals surface area contributed by atoms with Crippen molar-refractivity contribution >= 4 is 28.5 Å². The Balaban J connectivity index is 1.84. The molecule has 0 saturated carbocycles. The number of halogens is 1. The van der Waals surface area contributed by atoms with E-state index >= 15 is 0 Å². The summed E-state index contributed by atoms with van der Waals surface area (Å²) < 4.78 is 2.15. The minimum atomic E-state index is 0.238. The normalized spacial score (nSPS) is 16.0. The molecule has 1 unspecified atom stereocenters. The largest absolute Gasteiger partial charge is 0.317 e. The van der Waals surface area contributed by atoms with Crippen LogP contribution in [0.5, 0.6) is 0 Å². The molecule has 0 bridgehead atoms. The van der Waals surface area contributed by atoms with Crippen molar-refractivity contribution in [3.05, 3.63) is 51.9 Å². The predicted octanol–water partition coefficient (Wildman–Crippen LogP) is 6.71. The molecule has 152 valence electrons. The van der Waals surface area contributed by atoms with Gasteiger partial charge in [-0.3, -0.25) is 4.98 Å². The van der Waals surface area contributed by atoms with Gasteiger partial charge in [0.05, 0.1) is 27.3 Å². The van der Waals surface area contributed by atoms with Crippen LogP contribution >= 0.6 is 22.9 Å². The van der Waals surface area contributed by atoms with E-state index in [9.17, 15) is 0 Å². The van der Waals surface area contributed by atoms with E-state index in [0.717, 1.165) is 56.9 Å². The lowest BCUT2D eigenvalue weighted by Gasteiger charge is -2.28. The number of pyridine rings is 1. The zero-order valence-corrected chi connectivity index (χ0v) is 19.2. The van der Waals surface area contributed by atoms with E-state index in [1.165, 1.54) is 5.57 Å². The third-order valence-corrected chi connectivity index (χ3v) is 7.10. The highest BCUT2D eigenvalue weighted by molar-refractivity contribution is 7.14. The molecule has 4 nitrogen and oxygen atoms in total. The van der Waals surface area contributed by atoms with E-state index in [0.29, 0.717) is 5.92 Å². The molecular formula is C23H27ClN4S. The quantitative estimate of drug-likeness (QED) is 0.493. The molecule has 0 spiro atoms. The second-order valence-corrected chi connectivity index (χ2v) is 8.97. The first-order valence-corrected chi connectivity index (χ1v) is 11.5. The van der Waals surface area contributed by atoms with Gasteiger partial charge in [-0.1, -0.05) is 37.6 Å². The van der Waals surface area contributed by atoms with E-state index in [1.807, 2.05) is 25.1 Å². The molecule has 0 aliphatic carbocycles. The predicted molar refractivity (Wildman–Crippen MR) is 124 cm³/mol. The van der Waals surface area contributed by atoms with Crippen LogP contribution in [0.1, 0.15) is 50.8 Å². The van der Waals surface area contributed by atoms with Gasteiger partial charge in [0, 0.05) is 16.6 Å². The summed E-state index contributed by atoms with van der Waals surface area (Å²) in [4.78, 5) is 10.6. The monoisotopic (exact) mass is 426 g/mol. The Hall–Kier alpha value is -2.11. The lowest BCUT2D eigenvalue weighted by atomic mass is 9.91. The summed E-state index contributed by atoms with van der Waals surface area (Å²) >= 11 is 8.55. The first-order chi connectivity index (χ1) is 13.9. The highest BCUT2D eigenvalue weighted by Crippen LogP contribution is 2.44. The van der Waals surface area contributed by atoms with Crippen molar-refractivity contribution in [2.75, 3.05) is 5.43 Å². The van der Waals surface area contributed by atoms with Crippen molar-refractivity contribution in [2.24, 2.45) is 5.92 Å². The van der Waals surface area contributed by atoms with Crippen molar-refractivity contribution in [1.82, 2.24) is 14.6 Å². The minimum Gasteiger partial charge on any atom is -0.317 e. The summed E-state index contributed by atoms with van der Waals surface area (Å²) in [6.45, 7) is 10.7. The number of aromatic nitrogens is 3. The summed E-state index contributed by atoms with van der Waals surface area (Å²) in [6, 6.07) is 6.27. The van der Waals surface area contributed by atoms with Crippen molar-refractivity contribution in [1.29, 1.82) is 0 Å². The zero-order valence-electron chi connectivity index (χ0n) is 17.6. The van der Waals surface area contributed by atoms with Crippen LogP contribution in [-0.4, -0.2) is 20.7 Å². The molecule has 3 aromatic heterocycles. The molecule has 1 aliphatic rings. The maximum absolute atomic E-state index is 6.89.